The van der Waals surface area contributed by atoms with E-state index in [0.717, 1.165) is 17.7 Å². The second-order valence-electron chi connectivity index (χ2n) is 7.65. The van der Waals surface area contributed by atoms with E-state index in [1.165, 1.54) is 17.0 Å². The number of rotatable bonds is 3. The molecule has 0 saturated carbocycles. The van der Waals surface area contributed by atoms with Crippen molar-refractivity contribution in [2.24, 2.45) is 5.73 Å². The molecule has 3 amide bonds. The molecule has 0 saturated heterocycles. The van der Waals surface area contributed by atoms with E-state index in [-0.39, 0.29) is 24.3 Å². The number of urea groups is 1. The van der Waals surface area contributed by atoms with Gasteiger partial charge < -0.3 is 16.0 Å². The van der Waals surface area contributed by atoms with Gasteiger partial charge in [-0.2, -0.15) is 18.3 Å². The van der Waals surface area contributed by atoms with Crippen molar-refractivity contribution >= 4 is 29.2 Å². The molecule has 2 aromatic carbocycles. The van der Waals surface area contributed by atoms with Crippen LogP contribution < -0.4 is 11.1 Å². The lowest BCUT2D eigenvalue weighted by molar-refractivity contribution is -0.137. The van der Waals surface area contributed by atoms with Crippen molar-refractivity contribution in [1.29, 1.82) is 0 Å². The van der Waals surface area contributed by atoms with Crippen molar-refractivity contribution in [1.82, 2.24) is 14.7 Å². The first kappa shape index (κ1) is 22.7. The lowest BCUT2D eigenvalue weighted by atomic mass is 10.0. The lowest BCUT2D eigenvalue weighted by Crippen LogP contribution is -2.41. The molecule has 172 valence electrons. The summed E-state index contributed by atoms with van der Waals surface area (Å²) in [5.41, 5.74) is 7.61. The van der Waals surface area contributed by atoms with Crippen LogP contribution in [0.3, 0.4) is 0 Å². The quantitative estimate of drug-likeness (QED) is 0.573. The number of carbonyl (C=O) groups is 2. The Balaban J connectivity index is 1.57. The first-order valence-electron chi connectivity index (χ1n) is 9.94. The SMILES string of the molecule is Cc1ccc(-c2nn3c(c2C(N)=O)CN(C(=O)Nc2ccc(C(F)(F)F)cc2)CC3)cc1Cl. The number of nitrogens with two attached hydrogens (primary N) is 1. The van der Waals surface area contributed by atoms with Gasteiger partial charge in [0.1, 0.15) is 5.69 Å². The average Bonchev–Trinajstić information content (AvgIpc) is 3.14. The maximum absolute atomic E-state index is 12.7. The third kappa shape index (κ3) is 4.51. The van der Waals surface area contributed by atoms with Crippen molar-refractivity contribution in [3.8, 4) is 11.3 Å². The van der Waals surface area contributed by atoms with Crippen LogP contribution in [0.4, 0.5) is 23.7 Å². The van der Waals surface area contributed by atoms with Crippen LogP contribution in [0.15, 0.2) is 42.5 Å². The normalized spacial score (nSPS) is 13.5. The van der Waals surface area contributed by atoms with Gasteiger partial charge in [0.15, 0.2) is 0 Å². The second-order valence-corrected chi connectivity index (χ2v) is 8.06. The van der Waals surface area contributed by atoms with E-state index >= 15 is 0 Å². The van der Waals surface area contributed by atoms with Crippen LogP contribution >= 0.6 is 11.6 Å². The molecule has 3 N–H and O–H groups in total. The number of fused-ring (bicyclic) bond motifs is 1. The largest absolute Gasteiger partial charge is 0.416 e. The van der Waals surface area contributed by atoms with Gasteiger partial charge in [-0.3, -0.25) is 9.48 Å². The van der Waals surface area contributed by atoms with E-state index in [2.05, 4.69) is 10.4 Å². The van der Waals surface area contributed by atoms with Crippen molar-refractivity contribution in [2.45, 2.75) is 26.2 Å². The first-order valence-corrected chi connectivity index (χ1v) is 10.3. The minimum atomic E-state index is -4.46. The number of alkyl halides is 3. The van der Waals surface area contributed by atoms with E-state index in [9.17, 15) is 22.8 Å². The van der Waals surface area contributed by atoms with Gasteiger partial charge in [0.25, 0.3) is 5.91 Å². The molecule has 2 heterocycles. The highest BCUT2D eigenvalue weighted by molar-refractivity contribution is 6.31. The molecule has 0 fully saturated rings. The number of halogens is 4. The summed E-state index contributed by atoms with van der Waals surface area (Å²) in [5.74, 6) is -0.687. The zero-order valence-corrected chi connectivity index (χ0v) is 18.2. The van der Waals surface area contributed by atoms with E-state index in [1.54, 1.807) is 16.8 Å². The van der Waals surface area contributed by atoms with Crippen molar-refractivity contribution < 1.29 is 22.8 Å². The van der Waals surface area contributed by atoms with Crippen LogP contribution in [0.25, 0.3) is 11.3 Å². The highest BCUT2D eigenvalue weighted by Crippen LogP contribution is 2.32. The molecule has 0 unspecified atom stereocenters. The Morgan fingerprint density at radius 1 is 1.12 bits per heavy atom. The van der Waals surface area contributed by atoms with Gasteiger partial charge in [-0.25, -0.2) is 4.79 Å². The number of aromatic nitrogens is 2. The van der Waals surface area contributed by atoms with E-state index in [0.29, 0.717) is 28.5 Å². The fourth-order valence-electron chi connectivity index (χ4n) is 3.64. The zero-order valence-electron chi connectivity index (χ0n) is 17.4. The summed E-state index contributed by atoms with van der Waals surface area (Å²) in [6, 6.07) is 8.94. The standard InChI is InChI=1S/C22H19ClF3N5O2/c1-12-2-3-13(10-16(12)23)19-18(20(27)32)17-11-30(8-9-31(17)29-19)21(33)28-15-6-4-14(5-7-15)22(24,25)26/h2-7,10H,8-9,11H2,1H3,(H2,27,32)(H,28,33). The maximum atomic E-state index is 12.7. The summed E-state index contributed by atoms with van der Waals surface area (Å²) in [6.45, 7) is 2.51. The first-order chi connectivity index (χ1) is 15.5. The molecule has 1 aliphatic heterocycles. The topological polar surface area (TPSA) is 93.2 Å². The van der Waals surface area contributed by atoms with Crippen LogP contribution in [-0.4, -0.2) is 33.2 Å². The predicted octanol–water partition coefficient (Wildman–Crippen LogP) is 4.68. The van der Waals surface area contributed by atoms with Gasteiger partial charge in [0.05, 0.1) is 29.9 Å². The third-order valence-corrected chi connectivity index (χ3v) is 5.83. The summed E-state index contributed by atoms with van der Waals surface area (Å²) < 4.78 is 39.8. The molecule has 1 aromatic heterocycles. The molecule has 0 atom stereocenters. The number of hydrogen-bond acceptors (Lipinski definition) is 3. The molecule has 0 spiro atoms. The van der Waals surface area contributed by atoms with E-state index in [4.69, 9.17) is 17.3 Å². The monoisotopic (exact) mass is 477 g/mol. The Kier molecular flexibility index (Phi) is 5.79. The van der Waals surface area contributed by atoms with Gasteiger partial charge in [0, 0.05) is 22.8 Å². The molecule has 33 heavy (non-hydrogen) atoms. The Morgan fingerprint density at radius 2 is 1.82 bits per heavy atom. The van der Waals surface area contributed by atoms with Gasteiger partial charge in [-0.1, -0.05) is 23.7 Å². The molecule has 1 aliphatic rings. The van der Waals surface area contributed by atoms with Crippen molar-refractivity contribution in [3.63, 3.8) is 0 Å². The predicted molar refractivity (Wildman–Crippen MR) is 117 cm³/mol. The van der Waals surface area contributed by atoms with Crippen LogP contribution in [0.5, 0.6) is 0 Å². The van der Waals surface area contributed by atoms with E-state index < -0.39 is 23.7 Å². The van der Waals surface area contributed by atoms with Crippen LogP contribution in [0, 0.1) is 6.92 Å². The smallest absolute Gasteiger partial charge is 0.365 e. The van der Waals surface area contributed by atoms with Gasteiger partial charge >= 0.3 is 12.2 Å². The molecule has 0 radical (unpaired) electrons. The van der Waals surface area contributed by atoms with Crippen LogP contribution in [0.2, 0.25) is 5.02 Å². The Hall–Kier alpha value is -3.53. The lowest BCUT2D eigenvalue weighted by Gasteiger charge is -2.28. The zero-order chi connectivity index (χ0) is 23.9. The van der Waals surface area contributed by atoms with Crippen LogP contribution in [-0.2, 0) is 19.3 Å². The van der Waals surface area contributed by atoms with Crippen LogP contribution in [0.1, 0.15) is 27.2 Å². The molecular formula is C22H19ClF3N5O2. The van der Waals surface area contributed by atoms with E-state index in [1.807, 2.05) is 13.0 Å². The molecule has 11 heteroatoms. The Bertz CT molecular complexity index is 1240. The summed E-state index contributed by atoms with van der Waals surface area (Å²) in [7, 11) is 0. The van der Waals surface area contributed by atoms with Gasteiger partial charge in [-0.15, -0.1) is 0 Å². The number of hydrogen-bond donors (Lipinski definition) is 2. The number of amides is 3. The highest BCUT2D eigenvalue weighted by atomic mass is 35.5. The maximum Gasteiger partial charge on any atom is 0.416 e. The van der Waals surface area contributed by atoms with Crippen molar-refractivity contribution in [3.05, 3.63) is 69.9 Å². The Morgan fingerprint density at radius 3 is 2.42 bits per heavy atom. The Labute approximate surface area is 191 Å². The van der Waals surface area contributed by atoms with Crippen molar-refractivity contribution in [2.75, 3.05) is 11.9 Å². The molecule has 4 rings (SSSR count). The molecule has 0 aliphatic carbocycles. The molecule has 0 bridgehead atoms. The third-order valence-electron chi connectivity index (χ3n) is 5.42. The minimum Gasteiger partial charge on any atom is -0.365 e. The molecule has 7 nitrogen and oxygen atoms in total. The highest BCUT2D eigenvalue weighted by Gasteiger charge is 2.31. The fraction of sp³-hybridized carbons (Fsp3) is 0.227. The van der Waals surface area contributed by atoms with Gasteiger partial charge in [-0.05, 0) is 42.8 Å². The van der Waals surface area contributed by atoms with Gasteiger partial charge in [0.2, 0.25) is 0 Å². The summed E-state index contributed by atoms with van der Waals surface area (Å²) in [4.78, 5) is 26.5. The number of aryl methyl sites for hydroxylation is 1. The fourth-order valence-corrected chi connectivity index (χ4v) is 3.82. The summed E-state index contributed by atoms with van der Waals surface area (Å²) in [6.07, 6.45) is -4.46. The summed E-state index contributed by atoms with van der Waals surface area (Å²) in [5, 5.41) is 7.61. The number of anilines is 1. The molecule has 3 aromatic rings. The minimum absolute atomic E-state index is 0.0529. The number of nitrogens with zero attached hydrogens (tertiary/aromatic N) is 3. The number of nitrogens with one attached hydrogen (secondary N) is 1. The number of primary amides is 1. The second kappa shape index (κ2) is 8.43. The molecular weight excluding hydrogens is 459 g/mol. The number of benzene rings is 2. The average molecular weight is 478 g/mol. The summed E-state index contributed by atoms with van der Waals surface area (Å²) >= 11 is 6.22. The number of carbonyl (C=O) groups excluding carboxylic acids is 2.